The standard InChI is InChI=1S/C24H23ClN4O4/c1-14-13-28(24(32)33)9-10-29(14)23(31)17-7-8-18-19(25)12-20(27-21(18)11-17)15-3-5-16(6-4-15)22(30)26-2/h3-8,11-12,14H,9-10,13H2,1-2H3,(H,26,30)(H,32,33). The number of nitrogens with zero attached hydrogens (tertiary/aromatic N) is 3. The van der Waals surface area contributed by atoms with E-state index in [1.165, 1.54) is 4.90 Å². The first kappa shape index (κ1) is 22.5. The second-order valence-corrected chi connectivity index (χ2v) is 8.36. The van der Waals surface area contributed by atoms with E-state index in [0.29, 0.717) is 33.9 Å². The number of carbonyl (C=O) groups excluding carboxylic acids is 2. The number of nitrogens with one attached hydrogen (secondary N) is 1. The topological polar surface area (TPSA) is 103 Å². The Morgan fingerprint density at radius 1 is 1.06 bits per heavy atom. The maximum Gasteiger partial charge on any atom is 0.407 e. The number of hydrogen-bond donors (Lipinski definition) is 2. The molecule has 0 aliphatic carbocycles. The van der Waals surface area contributed by atoms with Crippen LogP contribution < -0.4 is 5.32 Å². The summed E-state index contributed by atoms with van der Waals surface area (Å²) < 4.78 is 0. The van der Waals surface area contributed by atoms with Crippen LogP contribution in [0.3, 0.4) is 0 Å². The van der Waals surface area contributed by atoms with Gasteiger partial charge in [0, 0.05) is 54.8 Å². The highest BCUT2D eigenvalue weighted by Gasteiger charge is 2.30. The van der Waals surface area contributed by atoms with E-state index in [4.69, 9.17) is 16.6 Å². The first-order valence-electron chi connectivity index (χ1n) is 10.5. The summed E-state index contributed by atoms with van der Waals surface area (Å²) in [5, 5.41) is 13.0. The molecule has 1 atom stereocenters. The molecule has 0 bridgehead atoms. The summed E-state index contributed by atoms with van der Waals surface area (Å²) in [7, 11) is 1.58. The molecule has 2 N–H and O–H groups in total. The average molecular weight is 467 g/mol. The highest BCUT2D eigenvalue weighted by molar-refractivity contribution is 6.35. The summed E-state index contributed by atoms with van der Waals surface area (Å²) in [6.45, 7) is 2.72. The maximum atomic E-state index is 13.2. The molecule has 0 spiro atoms. The third kappa shape index (κ3) is 4.47. The zero-order valence-electron chi connectivity index (χ0n) is 18.2. The fraction of sp³-hybridized carbons (Fsp3) is 0.250. The highest BCUT2D eigenvalue weighted by atomic mass is 35.5. The Balaban J connectivity index is 1.64. The molecule has 170 valence electrons. The van der Waals surface area contributed by atoms with E-state index in [1.54, 1.807) is 60.5 Å². The van der Waals surface area contributed by atoms with Gasteiger partial charge in [-0.1, -0.05) is 29.8 Å². The molecule has 9 heteroatoms. The van der Waals surface area contributed by atoms with Gasteiger partial charge in [-0.15, -0.1) is 0 Å². The Morgan fingerprint density at radius 2 is 1.76 bits per heavy atom. The lowest BCUT2D eigenvalue weighted by molar-refractivity contribution is 0.0484. The lowest BCUT2D eigenvalue weighted by Crippen LogP contribution is -2.55. The third-order valence-electron chi connectivity index (χ3n) is 5.84. The normalized spacial score (nSPS) is 16.0. The van der Waals surface area contributed by atoms with Gasteiger partial charge in [-0.3, -0.25) is 9.59 Å². The van der Waals surface area contributed by atoms with Crippen LogP contribution >= 0.6 is 11.6 Å². The van der Waals surface area contributed by atoms with Crippen molar-refractivity contribution in [2.24, 2.45) is 0 Å². The van der Waals surface area contributed by atoms with Crippen LogP contribution in [0.4, 0.5) is 4.79 Å². The van der Waals surface area contributed by atoms with Crippen LogP contribution in [0.5, 0.6) is 0 Å². The summed E-state index contributed by atoms with van der Waals surface area (Å²) in [6, 6.07) is 13.7. The number of fused-ring (bicyclic) bond motifs is 1. The van der Waals surface area contributed by atoms with Gasteiger partial charge in [-0.25, -0.2) is 9.78 Å². The number of benzene rings is 2. The molecule has 4 rings (SSSR count). The first-order chi connectivity index (χ1) is 15.8. The van der Waals surface area contributed by atoms with E-state index >= 15 is 0 Å². The second kappa shape index (κ2) is 9.07. The predicted molar refractivity (Wildman–Crippen MR) is 126 cm³/mol. The Bertz CT molecular complexity index is 1250. The molecule has 3 aromatic rings. The Labute approximate surface area is 195 Å². The number of aromatic nitrogens is 1. The number of piperazine rings is 1. The molecular weight excluding hydrogens is 444 g/mol. The summed E-state index contributed by atoms with van der Waals surface area (Å²) in [4.78, 5) is 43.9. The monoisotopic (exact) mass is 466 g/mol. The SMILES string of the molecule is CNC(=O)c1ccc(-c2cc(Cl)c3ccc(C(=O)N4CCN(C(=O)O)CC4C)cc3n2)cc1. The molecule has 2 heterocycles. The molecule has 1 aliphatic heterocycles. The number of rotatable bonds is 3. The zero-order chi connectivity index (χ0) is 23.7. The van der Waals surface area contributed by atoms with Crippen molar-refractivity contribution in [3.05, 3.63) is 64.7 Å². The minimum absolute atomic E-state index is 0.173. The minimum Gasteiger partial charge on any atom is -0.465 e. The molecular formula is C24H23ClN4O4. The van der Waals surface area contributed by atoms with Gasteiger partial charge in [-0.05, 0) is 37.3 Å². The molecule has 0 saturated carbocycles. The summed E-state index contributed by atoms with van der Waals surface area (Å²) >= 11 is 6.51. The average Bonchev–Trinajstić information content (AvgIpc) is 2.82. The summed E-state index contributed by atoms with van der Waals surface area (Å²) in [5.74, 6) is -0.347. The van der Waals surface area contributed by atoms with Crippen molar-refractivity contribution in [2.75, 3.05) is 26.7 Å². The second-order valence-electron chi connectivity index (χ2n) is 7.95. The number of carbonyl (C=O) groups is 3. The number of halogens is 1. The van der Waals surface area contributed by atoms with Crippen molar-refractivity contribution in [3.8, 4) is 11.3 Å². The van der Waals surface area contributed by atoms with E-state index in [2.05, 4.69) is 5.32 Å². The molecule has 1 saturated heterocycles. The molecule has 1 unspecified atom stereocenters. The molecule has 0 radical (unpaired) electrons. The maximum absolute atomic E-state index is 13.2. The quantitative estimate of drug-likeness (QED) is 0.612. The van der Waals surface area contributed by atoms with Gasteiger partial charge >= 0.3 is 6.09 Å². The van der Waals surface area contributed by atoms with Gasteiger partial charge in [-0.2, -0.15) is 0 Å². The number of pyridine rings is 1. The first-order valence-corrected chi connectivity index (χ1v) is 10.9. The summed E-state index contributed by atoms with van der Waals surface area (Å²) in [5.41, 5.74) is 3.01. The van der Waals surface area contributed by atoms with Crippen LogP contribution in [0.15, 0.2) is 48.5 Å². The molecule has 33 heavy (non-hydrogen) atoms. The Kier molecular flexibility index (Phi) is 6.20. The fourth-order valence-electron chi connectivity index (χ4n) is 4.00. The van der Waals surface area contributed by atoms with Crippen LogP contribution in [0.2, 0.25) is 5.02 Å². The van der Waals surface area contributed by atoms with Gasteiger partial charge in [0.05, 0.1) is 16.2 Å². The molecule has 1 aromatic heterocycles. The van der Waals surface area contributed by atoms with Crippen LogP contribution in [0, 0.1) is 0 Å². The van der Waals surface area contributed by atoms with E-state index in [1.807, 2.05) is 6.92 Å². The molecule has 1 fully saturated rings. The largest absolute Gasteiger partial charge is 0.465 e. The predicted octanol–water partition coefficient (Wildman–Crippen LogP) is 3.74. The third-order valence-corrected chi connectivity index (χ3v) is 6.15. The van der Waals surface area contributed by atoms with Crippen molar-refractivity contribution >= 4 is 40.4 Å². The van der Waals surface area contributed by atoms with E-state index in [9.17, 15) is 19.5 Å². The van der Waals surface area contributed by atoms with Gasteiger partial charge in [0.1, 0.15) is 0 Å². The fourth-order valence-corrected chi connectivity index (χ4v) is 4.27. The number of carboxylic acid groups (broad SMARTS) is 1. The Morgan fingerprint density at radius 3 is 2.39 bits per heavy atom. The molecule has 2 aromatic carbocycles. The van der Waals surface area contributed by atoms with Gasteiger partial charge in [0.2, 0.25) is 0 Å². The van der Waals surface area contributed by atoms with Crippen molar-refractivity contribution in [3.63, 3.8) is 0 Å². The van der Waals surface area contributed by atoms with Crippen LogP contribution in [0.25, 0.3) is 22.2 Å². The van der Waals surface area contributed by atoms with Crippen molar-refractivity contribution in [2.45, 2.75) is 13.0 Å². The molecule has 1 aliphatic rings. The highest BCUT2D eigenvalue weighted by Crippen LogP contribution is 2.29. The lowest BCUT2D eigenvalue weighted by atomic mass is 10.0. The minimum atomic E-state index is -0.977. The van der Waals surface area contributed by atoms with E-state index in [0.717, 1.165) is 10.9 Å². The van der Waals surface area contributed by atoms with Gasteiger partial charge < -0.3 is 20.2 Å². The zero-order valence-corrected chi connectivity index (χ0v) is 19.0. The summed E-state index contributed by atoms with van der Waals surface area (Å²) in [6.07, 6.45) is -0.977. The van der Waals surface area contributed by atoms with Gasteiger partial charge in [0.25, 0.3) is 11.8 Å². The van der Waals surface area contributed by atoms with Crippen LogP contribution in [-0.4, -0.2) is 70.5 Å². The van der Waals surface area contributed by atoms with Crippen LogP contribution in [0.1, 0.15) is 27.6 Å². The molecule has 3 amide bonds. The van der Waals surface area contributed by atoms with Gasteiger partial charge in [0.15, 0.2) is 0 Å². The van der Waals surface area contributed by atoms with Crippen LogP contribution in [-0.2, 0) is 0 Å². The Hall–Kier alpha value is -3.65. The lowest BCUT2D eigenvalue weighted by Gasteiger charge is -2.38. The van der Waals surface area contributed by atoms with E-state index < -0.39 is 6.09 Å². The molecule has 8 nitrogen and oxygen atoms in total. The van der Waals surface area contributed by atoms with Crippen molar-refractivity contribution in [1.82, 2.24) is 20.1 Å². The van der Waals surface area contributed by atoms with Crippen molar-refractivity contribution < 1.29 is 19.5 Å². The smallest absolute Gasteiger partial charge is 0.407 e. The van der Waals surface area contributed by atoms with E-state index in [-0.39, 0.29) is 30.9 Å². The number of hydrogen-bond acceptors (Lipinski definition) is 4. The van der Waals surface area contributed by atoms with Crippen molar-refractivity contribution in [1.29, 1.82) is 0 Å². The number of amides is 3.